The van der Waals surface area contributed by atoms with Gasteiger partial charge in [0.15, 0.2) is 0 Å². The van der Waals surface area contributed by atoms with Gasteiger partial charge in [0, 0.05) is 25.6 Å². The molecule has 1 rings (SSSR count). The van der Waals surface area contributed by atoms with Crippen molar-refractivity contribution in [3.8, 4) is 6.07 Å². The standard InChI is InChI=1S/C11H19NO2/c12-6-2-1-3-7-13-9-11-5-4-8-14-10-11/h11H,1-5,7-10H2. The number of hydrogen-bond acceptors (Lipinski definition) is 3. The van der Waals surface area contributed by atoms with E-state index in [1.54, 1.807) is 0 Å². The minimum Gasteiger partial charge on any atom is -0.381 e. The molecule has 1 aliphatic rings. The van der Waals surface area contributed by atoms with E-state index in [1.165, 1.54) is 12.8 Å². The van der Waals surface area contributed by atoms with E-state index in [2.05, 4.69) is 6.07 Å². The van der Waals surface area contributed by atoms with Crippen LogP contribution in [0.3, 0.4) is 0 Å². The molecule has 14 heavy (non-hydrogen) atoms. The van der Waals surface area contributed by atoms with Gasteiger partial charge in [-0.25, -0.2) is 0 Å². The number of rotatable bonds is 6. The maximum absolute atomic E-state index is 8.32. The summed E-state index contributed by atoms with van der Waals surface area (Å²) >= 11 is 0. The third-order valence-electron chi connectivity index (χ3n) is 2.44. The summed E-state index contributed by atoms with van der Waals surface area (Å²) in [5.74, 6) is 0.597. The Balaban J connectivity index is 1.85. The van der Waals surface area contributed by atoms with Gasteiger partial charge in [-0.15, -0.1) is 0 Å². The highest BCUT2D eigenvalue weighted by Crippen LogP contribution is 2.13. The highest BCUT2D eigenvalue weighted by molar-refractivity contribution is 4.67. The van der Waals surface area contributed by atoms with Crippen LogP contribution in [-0.4, -0.2) is 26.4 Å². The lowest BCUT2D eigenvalue weighted by molar-refractivity contribution is 0.00513. The molecule has 3 nitrogen and oxygen atoms in total. The van der Waals surface area contributed by atoms with Gasteiger partial charge in [0.05, 0.1) is 19.3 Å². The van der Waals surface area contributed by atoms with Crippen LogP contribution in [0.15, 0.2) is 0 Å². The van der Waals surface area contributed by atoms with Crippen molar-refractivity contribution in [3.63, 3.8) is 0 Å². The van der Waals surface area contributed by atoms with Crippen LogP contribution < -0.4 is 0 Å². The summed E-state index contributed by atoms with van der Waals surface area (Å²) in [6, 6.07) is 2.13. The van der Waals surface area contributed by atoms with Gasteiger partial charge in [-0.1, -0.05) is 0 Å². The summed E-state index contributed by atoms with van der Waals surface area (Å²) < 4.78 is 10.9. The average molecular weight is 197 g/mol. The topological polar surface area (TPSA) is 42.2 Å². The predicted molar refractivity (Wildman–Crippen MR) is 53.8 cm³/mol. The van der Waals surface area contributed by atoms with Crippen LogP contribution >= 0.6 is 0 Å². The maximum atomic E-state index is 8.32. The summed E-state index contributed by atoms with van der Waals surface area (Å²) in [7, 11) is 0. The van der Waals surface area contributed by atoms with E-state index in [0.29, 0.717) is 12.3 Å². The van der Waals surface area contributed by atoms with Crippen molar-refractivity contribution in [1.82, 2.24) is 0 Å². The Labute approximate surface area is 86.0 Å². The van der Waals surface area contributed by atoms with E-state index in [9.17, 15) is 0 Å². The van der Waals surface area contributed by atoms with Crippen molar-refractivity contribution in [3.05, 3.63) is 0 Å². The van der Waals surface area contributed by atoms with Crippen molar-refractivity contribution in [2.75, 3.05) is 26.4 Å². The number of unbranched alkanes of at least 4 members (excludes halogenated alkanes) is 2. The van der Waals surface area contributed by atoms with E-state index in [-0.39, 0.29) is 0 Å². The smallest absolute Gasteiger partial charge is 0.0621 e. The monoisotopic (exact) mass is 197 g/mol. The first-order valence-electron chi connectivity index (χ1n) is 5.46. The molecule has 0 spiro atoms. The molecule has 3 heteroatoms. The molecule has 0 aromatic heterocycles. The van der Waals surface area contributed by atoms with Crippen molar-refractivity contribution in [2.24, 2.45) is 5.92 Å². The first-order chi connectivity index (χ1) is 6.93. The zero-order chi connectivity index (χ0) is 10.1. The largest absolute Gasteiger partial charge is 0.381 e. The summed E-state index contributed by atoms with van der Waals surface area (Å²) in [5.41, 5.74) is 0. The highest BCUT2D eigenvalue weighted by Gasteiger charge is 2.13. The van der Waals surface area contributed by atoms with Gasteiger partial charge in [0.25, 0.3) is 0 Å². The normalized spacial score (nSPS) is 21.8. The first-order valence-corrected chi connectivity index (χ1v) is 5.46. The minimum atomic E-state index is 0.597. The van der Waals surface area contributed by atoms with E-state index in [0.717, 1.165) is 39.3 Å². The molecule has 80 valence electrons. The second-order valence-corrected chi connectivity index (χ2v) is 3.77. The van der Waals surface area contributed by atoms with Gasteiger partial charge in [-0.3, -0.25) is 0 Å². The lowest BCUT2D eigenvalue weighted by Crippen LogP contribution is -2.22. The SMILES string of the molecule is N#CCCCCOCC1CCCOC1. The van der Waals surface area contributed by atoms with Crippen LogP contribution in [0.4, 0.5) is 0 Å². The fourth-order valence-corrected chi connectivity index (χ4v) is 1.60. The average Bonchev–Trinajstić information content (AvgIpc) is 2.25. The van der Waals surface area contributed by atoms with Gasteiger partial charge in [0.1, 0.15) is 0 Å². The number of hydrogen-bond donors (Lipinski definition) is 0. The van der Waals surface area contributed by atoms with Crippen LogP contribution in [0.2, 0.25) is 0 Å². The van der Waals surface area contributed by atoms with Crippen molar-refractivity contribution in [2.45, 2.75) is 32.1 Å². The molecule has 1 saturated heterocycles. The van der Waals surface area contributed by atoms with Crippen LogP contribution in [0, 0.1) is 17.2 Å². The van der Waals surface area contributed by atoms with E-state index in [4.69, 9.17) is 14.7 Å². The molecule has 1 aliphatic heterocycles. The van der Waals surface area contributed by atoms with E-state index >= 15 is 0 Å². The molecule has 0 aliphatic carbocycles. The molecule has 0 aromatic carbocycles. The van der Waals surface area contributed by atoms with E-state index < -0.39 is 0 Å². The van der Waals surface area contributed by atoms with Crippen molar-refractivity contribution < 1.29 is 9.47 Å². The Kier molecular flexibility index (Phi) is 6.38. The molecule has 1 heterocycles. The predicted octanol–water partition coefficient (Wildman–Crippen LogP) is 2.12. The second kappa shape index (κ2) is 7.78. The van der Waals surface area contributed by atoms with Crippen molar-refractivity contribution in [1.29, 1.82) is 5.26 Å². The minimum absolute atomic E-state index is 0.597. The lowest BCUT2D eigenvalue weighted by Gasteiger charge is -2.21. The quantitative estimate of drug-likeness (QED) is 0.612. The summed E-state index contributed by atoms with van der Waals surface area (Å²) in [5, 5.41) is 8.32. The first kappa shape index (κ1) is 11.5. The maximum Gasteiger partial charge on any atom is 0.0621 e. The Morgan fingerprint density at radius 3 is 3.07 bits per heavy atom. The molecular weight excluding hydrogens is 178 g/mol. The van der Waals surface area contributed by atoms with Gasteiger partial charge < -0.3 is 9.47 Å². The Morgan fingerprint density at radius 2 is 2.36 bits per heavy atom. The number of ether oxygens (including phenoxy) is 2. The van der Waals surface area contributed by atoms with Crippen LogP contribution in [0.25, 0.3) is 0 Å². The Bertz CT molecular complexity index is 171. The highest BCUT2D eigenvalue weighted by atomic mass is 16.5. The lowest BCUT2D eigenvalue weighted by atomic mass is 10.0. The van der Waals surface area contributed by atoms with Gasteiger partial charge in [0.2, 0.25) is 0 Å². The van der Waals surface area contributed by atoms with Gasteiger partial charge in [-0.2, -0.15) is 5.26 Å². The van der Waals surface area contributed by atoms with Crippen LogP contribution in [0.1, 0.15) is 32.1 Å². The molecule has 1 fully saturated rings. The van der Waals surface area contributed by atoms with Crippen LogP contribution in [-0.2, 0) is 9.47 Å². The molecule has 0 saturated carbocycles. The molecular formula is C11H19NO2. The fourth-order valence-electron chi connectivity index (χ4n) is 1.60. The molecule has 0 amide bonds. The van der Waals surface area contributed by atoms with Gasteiger partial charge in [-0.05, 0) is 25.7 Å². The van der Waals surface area contributed by atoms with Crippen molar-refractivity contribution >= 4 is 0 Å². The third kappa shape index (κ3) is 5.21. The summed E-state index contributed by atoms with van der Waals surface area (Å²) in [6.07, 6.45) is 5.01. The Hall–Kier alpha value is -0.590. The third-order valence-corrected chi connectivity index (χ3v) is 2.44. The molecule has 0 aromatic rings. The van der Waals surface area contributed by atoms with Gasteiger partial charge >= 0.3 is 0 Å². The molecule has 1 unspecified atom stereocenters. The second-order valence-electron chi connectivity index (χ2n) is 3.77. The molecule has 1 atom stereocenters. The van der Waals surface area contributed by atoms with E-state index in [1.807, 2.05) is 0 Å². The molecule has 0 bridgehead atoms. The summed E-state index contributed by atoms with van der Waals surface area (Å²) in [4.78, 5) is 0. The number of nitrogens with zero attached hydrogens (tertiary/aromatic N) is 1. The number of nitriles is 1. The zero-order valence-corrected chi connectivity index (χ0v) is 8.71. The zero-order valence-electron chi connectivity index (χ0n) is 8.71. The Morgan fingerprint density at radius 1 is 1.43 bits per heavy atom. The fraction of sp³-hybridized carbons (Fsp3) is 0.909. The molecule has 0 N–H and O–H groups in total. The molecule has 0 radical (unpaired) electrons. The van der Waals surface area contributed by atoms with Crippen LogP contribution in [0.5, 0.6) is 0 Å². The summed E-state index contributed by atoms with van der Waals surface area (Å²) in [6.45, 7) is 3.39.